The van der Waals surface area contributed by atoms with E-state index in [0.29, 0.717) is 31.9 Å². The quantitative estimate of drug-likeness (QED) is 0.765. The van der Waals surface area contributed by atoms with E-state index in [1.165, 1.54) is 12.1 Å². The van der Waals surface area contributed by atoms with E-state index in [1.807, 2.05) is 11.4 Å². The van der Waals surface area contributed by atoms with Crippen LogP contribution in [0.2, 0.25) is 0 Å². The molecule has 0 spiro atoms. The molecule has 0 aliphatic carbocycles. The van der Waals surface area contributed by atoms with Gasteiger partial charge in [-0.1, -0.05) is 0 Å². The minimum Gasteiger partial charge on any atom is -0.352 e. The molecule has 1 aliphatic rings. The van der Waals surface area contributed by atoms with Gasteiger partial charge in [0.15, 0.2) is 0 Å². The van der Waals surface area contributed by atoms with Crippen molar-refractivity contribution in [1.82, 2.24) is 14.9 Å². The van der Waals surface area contributed by atoms with E-state index in [-0.39, 0.29) is 11.8 Å². The number of piperazine rings is 1. The number of halogens is 1. The predicted molar refractivity (Wildman–Crippen MR) is 96.6 cm³/mol. The zero-order valence-electron chi connectivity index (χ0n) is 13.4. The van der Waals surface area contributed by atoms with Crippen molar-refractivity contribution in [1.29, 1.82) is 0 Å². The fourth-order valence-corrected chi connectivity index (χ4v) is 3.72. The van der Waals surface area contributed by atoms with Gasteiger partial charge in [0.25, 0.3) is 0 Å². The highest BCUT2D eigenvalue weighted by Crippen LogP contribution is 2.28. The number of rotatable bonds is 2. The zero-order valence-corrected chi connectivity index (χ0v) is 14.2. The molecule has 6 nitrogen and oxygen atoms in total. The molecule has 4 rings (SSSR count). The van der Waals surface area contributed by atoms with Gasteiger partial charge in [0.05, 0.1) is 10.2 Å². The first-order chi connectivity index (χ1) is 12.2. The van der Waals surface area contributed by atoms with Gasteiger partial charge in [-0.05, 0) is 35.7 Å². The van der Waals surface area contributed by atoms with Crippen LogP contribution in [0, 0.1) is 5.82 Å². The summed E-state index contributed by atoms with van der Waals surface area (Å²) in [4.78, 5) is 25.0. The monoisotopic (exact) mass is 357 g/mol. The van der Waals surface area contributed by atoms with E-state index in [1.54, 1.807) is 34.7 Å². The fourth-order valence-electron chi connectivity index (χ4n) is 2.86. The second-order valence-electron chi connectivity index (χ2n) is 5.74. The van der Waals surface area contributed by atoms with Crippen molar-refractivity contribution in [3.05, 3.63) is 47.9 Å². The summed E-state index contributed by atoms with van der Waals surface area (Å²) >= 11 is 1.63. The van der Waals surface area contributed by atoms with Gasteiger partial charge in [0.1, 0.15) is 18.0 Å². The minimum atomic E-state index is -0.323. The maximum atomic E-state index is 12.9. The standard InChI is InChI=1S/C17H16FN5OS/c18-12-1-3-13(4-2-12)21-17(24)23-8-6-22(7-9-23)16-15-14(5-10-25-15)19-11-20-16/h1-5,10-11H,6-9H2,(H,21,24). The van der Waals surface area contributed by atoms with E-state index >= 15 is 0 Å². The highest BCUT2D eigenvalue weighted by atomic mass is 32.1. The normalized spacial score (nSPS) is 14.8. The zero-order chi connectivity index (χ0) is 17.2. The Hall–Kier alpha value is -2.74. The van der Waals surface area contributed by atoms with Crippen LogP contribution in [0.5, 0.6) is 0 Å². The molecular weight excluding hydrogens is 341 g/mol. The average Bonchev–Trinajstić information content (AvgIpc) is 3.12. The molecular formula is C17H16FN5OS. The molecule has 128 valence electrons. The second kappa shape index (κ2) is 6.64. The first-order valence-electron chi connectivity index (χ1n) is 7.95. The molecule has 0 atom stereocenters. The Morgan fingerprint density at radius 2 is 1.84 bits per heavy atom. The van der Waals surface area contributed by atoms with Crippen molar-refractivity contribution in [2.24, 2.45) is 0 Å². The molecule has 0 radical (unpaired) electrons. The van der Waals surface area contributed by atoms with Crippen LogP contribution in [0.4, 0.5) is 20.7 Å². The van der Waals surface area contributed by atoms with Gasteiger partial charge >= 0.3 is 6.03 Å². The molecule has 0 unspecified atom stereocenters. The van der Waals surface area contributed by atoms with Crippen LogP contribution in [0.25, 0.3) is 10.2 Å². The fraction of sp³-hybridized carbons (Fsp3) is 0.235. The van der Waals surface area contributed by atoms with Crippen molar-refractivity contribution in [2.75, 3.05) is 36.4 Å². The summed E-state index contributed by atoms with van der Waals surface area (Å²) in [5.41, 5.74) is 1.54. The lowest BCUT2D eigenvalue weighted by atomic mass is 10.3. The van der Waals surface area contributed by atoms with Crippen LogP contribution in [0.1, 0.15) is 0 Å². The number of nitrogens with one attached hydrogen (secondary N) is 1. The summed E-state index contributed by atoms with van der Waals surface area (Å²) in [6, 6.07) is 7.58. The Morgan fingerprint density at radius 1 is 1.08 bits per heavy atom. The van der Waals surface area contributed by atoms with Gasteiger partial charge in [-0.2, -0.15) is 0 Å². The third kappa shape index (κ3) is 3.25. The maximum Gasteiger partial charge on any atom is 0.321 e. The lowest BCUT2D eigenvalue weighted by molar-refractivity contribution is 0.208. The number of hydrogen-bond acceptors (Lipinski definition) is 5. The van der Waals surface area contributed by atoms with Crippen molar-refractivity contribution in [3.63, 3.8) is 0 Å². The number of carbonyl (C=O) groups excluding carboxylic acids is 1. The summed E-state index contributed by atoms with van der Waals surface area (Å²) in [6.07, 6.45) is 1.58. The molecule has 8 heteroatoms. The molecule has 0 saturated carbocycles. The lowest BCUT2D eigenvalue weighted by Gasteiger charge is -2.35. The highest BCUT2D eigenvalue weighted by Gasteiger charge is 2.23. The Morgan fingerprint density at radius 3 is 2.60 bits per heavy atom. The van der Waals surface area contributed by atoms with E-state index in [4.69, 9.17) is 0 Å². The lowest BCUT2D eigenvalue weighted by Crippen LogP contribution is -2.50. The largest absolute Gasteiger partial charge is 0.352 e. The van der Waals surface area contributed by atoms with Crippen LogP contribution in [0.3, 0.4) is 0 Å². The average molecular weight is 357 g/mol. The van der Waals surface area contributed by atoms with Crippen LogP contribution in [0.15, 0.2) is 42.0 Å². The van der Waals surface area contributed by atoms with Gasteiger partial charge in [0, 0.05) is 31.9 Å². The number of nitrogens with zero attached hydrogens (tertiary/aromatic N) is 4. The van der Waals surface area contributed by atoms with E-state index in [9.17, 15) is 9.18 Å². The van der Waals surface area contributed by atoms with Gasteiger partial charge in [0.2, 0.25) is 0 Å². The number of anilines is 2. The van der Waals surface area contributed by atoms with Crippen molar-refractivity contribution in [3.8, 4) is 0 Å². The Balaban J connectivity index is 1.40. The number of thiophene rings is 1. The minimum absolute atomic E-state index is 0.171. The van der Waals surface area contributed by atoms with Crippen molar-refractivity contribution in [2.45, 2.75) is 0 Å². The van der Waals surface area contributed by atoms with Gasteiger partial charge in [-0.15, -0.1) is 11.3 Å². The molecule has 0 bridgehead atoms. The summed E-state index contributed by atoms with van der Waals surface area (Å²) in [7, 11) is 0. The van der Waals surface area contributed by atoms with Gasteiger partial charge < -0.3 is 15.1 Å². The van der Waals surface area contributed by atoms with E-state index < -0.39 is 0 Å². The smallest absolute Gasteiger partial charge is 0.321 e. The van der Waals surface area contributed by atoms with Gasteiger partial charge in [-0.3, -0.25) is 0 Å². The van der Waals surface area contributed by atoms with Crippen LogP contribution in [-0.4, -0.2) is 47.1 Å². The molecule has 1 aliphatic heterocycles. The molecule has 1 aromatic carbocycles. The first-order valence-corrected chi connectivity index (χ1v) is 8.83. The molecule has 3 heterocycles. The number of fused-ring (bicyclic) bond motifs is 1. The van der Waals surface area contributed by atoms with Crippen LogP contribution in [-0.2, 0) is 0 Å². The number of benzene rings is 1. The Bertz CT molecular complexity index is 889. The highest BCUT2D eigenvalue weighted by molar-refractivity contribution is 7.17. The number of amides is 2. The number of urea groups is 1. The van der Waals surface area contributed by atoms with Gasteiger partial charge in [-0.25, -0.2) is 19.2 Å². The molecule has 25 heavy (non-hydrogen) atoms. The summed E-state index contributed by atoms with van der Waals surface area (Å²) in [5, 5.41) is 4.81. The Labute approximate surface area is 147 Å². The maximum absolute atomic E-state index is 12.9. The van der Waals surface area contributed by atoms with E-state index in [2.05, 4.69) is 20.2 Å². The number of hydrogen-bond donors (Lipinski definition) is 1. The van der Waals surface area contributed by atoms with E-state index in [0.717, 1.165) is 16.0 Å². The summed E-state index contributed by atoms with van der Waals surface area (Å²) in [5.74, 6) is 0.606. The molecule has 2 aromatic heterocycles. The molecule has 3 aromatic rings. The van der Waals surface area contributed by atoms with Crippen LogP contribution >= 0.6 is 11.3 Å². The Kier molecular flexibility index (Phi) is 4.19. The third-order valence-corrected chi connectivity index (χ3v) is 5.09. The third-order valence-electron chi connectivity index (χ3n) is 4.19. The number of carbonyl (C=O) groups is 1. The molecule has 1 N–H and O–H groups in total. The van der Waals surface area contributed by atoms with Crippen molar-refractivity contribution < 1.29 is 9.18 Å². The SMILES string of the molecule is O=C(Nc1ccc(F)cc1)N1CCN(c2ncnc3ccsc23)CC1. The molecule has 1 fully saturated rings. The predicted octanol–water partition coefficient (Wildman–Crippen LogP) is 3.18. The molecule has 1 saturated heterocycles. The molecule has 2 amide bonds. The summed E-state index contributed by atoms with van der Waals surface area (Å²) in [6.45, 7) is 2.62. The first kappa shape index (κ1) is 15.8. The topological polar surface area (TPSA) is 61.4 Å². The van der Waals surface area contributed by atoms with Crippen LogP contribution < -0.4 is 10.2 Å². The number of aromatic nitrogens is 2. The second-order valence-corrected chi connectivity index (χ2v) is 6.66. The summed E-state index contributed by atoms with van der Waals surface area (Å²) < 4.78 is 14.0. The van der Waals surface area contributed by atoms with Crippen molar-refractivity contribution >= 4 is 39.1 Å².